The molecular weight excluding hydrogens is 355 g/mol. The van der Waals surface area contributed by atoms with Crippen molar-refractivity contribution in [3.8, 4) is 0 Å². The predicted molar refractivity (Wildman–Crippen MR) is 105 cm³/mol. The first-order valence-electron chi connectivity index (χ1n) is 10.8. The van der Waals surface area contributed by atoms with E-state index in [0.29, 0.717) is 18.5 Å². The Kier molecular flexibility index (Phi) is 6.01. The molecule has 7 heteroatoms. The summed E-state index contributed by atoms with van der Waals surface area (Å²) >= 11 is 0. The van der Waals surface area contributed by atoms with Crippen molar-refractivity contribution >= 4 is 0 Å². The molecule has 1 aliphatic heterocycles. The van der Waals surface area contributed by atoms with Gasteiger partial charge >= 0.3 is 0 Å². The predicted octanol–water partition coefficient (Wildman–Crippen LogP) is 0.284. The Balaban J connectivity index is 1.46. The van der Waals surface area contributed by atoms with Crippen LogP contribution in [0.3, 0.4) is 0 Å². The van der Waals surface area contributed by atoms with Crippen molar-refractivity contribution in [3.63, 3.8) is 0 Å². The van der Waals surface area contributed by atoms with Crippen LogP contribution < -0.4 is 9.80 Å². The van der Waals surface area contributed by atoms with Crippen molar-refractivity contribution in [2.24, 2.45) is 5.92 Å². The van der Waals surface area contributed by atoms with Crippen molar-refractivity contribution in [3.05, 3.63) is 41.5 Å². The summed E-state index contributed by atoms with van der Waals surface area (Å²) in [6.07, 6.45) is 5.65. The third-order valence-corrected chi connectivity index (χ3v) is 6.66. The average Bonchev–Trinajstić information content (AvgIpc) is 3.37. The topological polar surface area (TPSA) is 52.5 Å². The Hall–Kier alpha value is -1.86. The van der Waals surface area contributed by atoms with Gasteiger partial charge in [-0.2, -0.15) is 0 Å². The number of nitrogens with zero attached hydrogens (tertiary/aromatic N) is 4. The number of tetrazole rings is 1. The molecule has 2 N–H and O–H groups in total. The van der Waals surface area contributed by atoms with E-state index in [9.17, 15) is 4.39 Å². The van der Waals surface area contributed by atoms with Crippen molar-refractivity contribution in [1.29, 1.82) is 0 Å². The first kappa shape index (κ1) is 19.5. The lowest BCUT2D eigenvalue weighted by Gasteiger charge is -2.37. The van der Waals surface area contributed by atoms with Crippen molar-refractivity contribution in [2.75, 3.05) is 26.2 Å². The van der Waals surface area contributed by atoms with E-state index >= 15 is 0 Å². The second kappa shape index (κ2) is 8.66. The van der Waals surface area contributed by atoms with E-state index in [0.717, 1.165) is 17.4 Å². The Bertz CT molecular complexity index is 745. The number of hydrogen-bond donors (Lipinski definition) is 2. The fourth-order valence-electron chi connectivity index (χ4n) is 5.21. The number of rotatable bonds is 6. The van der Waals surface area contributed by atoms with Crippen LogP contribution in [0.5, 0.6) is 0 Å². The standard InChI is InChI=1S/C21H31FN6/c1-16(2)20(27-13-11-26(12-14-27)19-5-3-4-6-19)21-23-24-25-28(21)15-17-7-9-18(22)10-8-17/h7-10,16,19-20H,3-6,11-15H2,1-2H3/p+2/t20-/m1/s1. The zero-order chi connectivity index (χ0) is 19.5. The second-order valence-electron chi connectivity index (χ2n) is 8.84. The highest BCUT2D eigenvalue weighted by Gasteiger charge is 2.38. The summed E-state index contributed by atoms with van der Waals surface area (Å²) < 4.78 is 15.1. The molecule has 2 fully saturated rings. The van der Waals surface area contributed by atoms with E-state index in [1.807, 2.05) is 21.7 Å². The lowest BCUT2D eigenvalue weighted by molar-refractivity contribution is -1.04. The number of aromatic nitrogens is 4. The second-order valence-corrected chi connectivity index (χ2v) is 8.84. The molecule has 1 atom stereocenters. The van der Waals surface area contributed by atoms with Crippen LogP contribution >= 0.6 is 0 Å². The van der Waals surface area contributed by atoms with Gasteiger partial charge in [-0.15, -0.1) is 5.10 Å². The van der Waals surface area contributed by atoms with E-state index in [1.165, 1.54) is 64.0 Å². The molecular formula is C21H33FN6+2. The van der Waals surface area contributed by atoms with Crippen molar-refractivity contribution < 1.29 is 14.2 Å². The van der Waals surface area contributed by atoms with Gasteiger partial charge in [0.2, 0.25) is 5.82 Å². The van der Waals surface area contributed by atoms with E-state index in [4.69, 9.17) is 0 Å². The molecule has 0 bridgehead atoms. The third-order valence-electron chi connectivity index (χ3n) is 6.66. The van der Waals surface area contributed by atoms with Crippen LogP contribution in [0, 0.1) is 11.7 Å². The minimum absolute atomic E-state index is 0.215. The highest BCUT2D eigenvalue weighted by Crippen LogP contribution is 2.18. The van der Waals surface area contributed by atoms with Gasteiger partial charge in [-0.1, -0.05) is 26.0 Å². The fourth-order valence-corrected chi connectivity index (χ4v) is 5.21. The van der Waals surface area contributed by atoms with Gasteiger partial charge in [0, 0.05) is 5.92 Å². The van der Waals surface area contributed by atoms with E-state index < -0.39 is 0 Å². The number of benzene rings is 1. The number of piperazine rings is 1. The maximum absolute atomic E-state index is 13.2. The minimum atomic E-state index is -0.215. The Labute approximate surface area is 166 Å². The lowest BCUT2D eigenvalue weighted by Crippen LogP contribution is -3.29. The maximum Gasteiger partial charge on any atom is 0.209 e. The van der Waals surface area contributed by atoms with Crippen LogP contribution in [0.2, 0.25) is 0 Å². The smallest absolute Gasteiger partial charge is 0.209 e. The molecule has 2 aliphatic rings. The fraction of sp³-hybridized carbons (Fsp3) is 0.667. The van der Waals surface area contributed by atoms with Gasteiger partial charge in [0.25, 0.3) is 0 Å². The van der Waals surface area contributed by atoms with Crippen LogP contribution in [0.15, 0.2) is 24.3 Å². The molecule has 6 nitrogen and oxygen atoms in total. The monoisotopic (exact) mass is 388 g/mol. The molecule has 1 saturated heterocycles. The zero-order valence-electron chi connectivity index (χ0n) is 17.1. The van der Waals surface area contributed by atoms with Gasteiger partial charge in [-0.25, -0.2) is 9.07 Å². The summed E-state index contributed by atoms with van der Waals surface area (Å²) in [4.78, 5) is 3.42. The molecule has 0 spiro atoms. The molecule has 2 heterocycles. The zero-order valence-corrected chi connectivity index (χ0v) is 17.1. The first-order valence-corrected chi connectivity index (χ1v) is 10.8. The van der Waals surface area contributed by atoms with Gasteiger partial charge in [0.1, 0.15) is 32.0 Å². The van der Waals surface area contributed by atoms with Crippen LogP contribution in [-0.2, 0) is 6.54 Å². The molecule has 152 valence electrons. The molecule has 0 unspecified atom stereocenters. The lowest BCUT2D eigenvalue weighted by atomic mass is 10.00. The van der Waals surface area contributed by atoms with Crippen molar-refractivity contribution in [1.82, 2.24) is 20.2 Å². The molecule has 4 rings (SSSR count). The quantitative estimate of drug-likeness (QED) is 0.748. The number of nitrogens with one attached hydrogen (secondary N) is 2. The highest BCUT2D eigenvalue weighted by atomic mass is 19.1. The first-order chi connectivity index (χ1) is 13.6. The molecule has 1 aliphatic carbocycles. The number of quaternary nitrogens is 2. The summed E-state index contributed by atoms with van der Waals surface area (Å²) in [6, 6.07) is 7.79. The van der Waals surface area contributed by atoms with Gasteiger partial charge in [0.05, 0.1) is 12.6 Å². The van der Waals surface area contributed by atoms with Crippen LogP contribution in [0.4, 0.5) is 4.39 Å². The largest absolute Gasteiger partial charge is 0.323 e. The van der Waals surface area contributed by atoms with Gasteiger partial charge in [-0.3, -0.25) is 0 Å². The molecule has 1 aromatic heterocycles. The minimum Gasteiger partial charge on any atom is -0.323 e. The van der Waals surface area contributed by atoms with E-state index in [-0.39, 0.29) is 5.82 Å². The van der Waals surface area contributed by atoms with Gasteiger partial charge < -0.3 is 9.80 Å². The summed E-state index contributed by atoms with van der Waals surface area (Å²) in [5.41, 5.74) is 1.02. The Morgan fingerprint density at radius 1 is 1.07 bits per heavy atom. The number of halogens is 1. The summed E-state index contributed by atoms with van der Waals surface area (Å²) in [7, 11) is 0. The molecule has 2 aromatic rings. The normalized spacial score (nSPS) is 24.7. The van der Waals surface area contributed by atoms with Crippen LogP contribution in [-0.4, -0.2) is 52.4 Å². The van der Waals surface area contributed by atoms with Crippen LogP contribution in [0.25, 0.3) is 0 Å². The SMILES string of the molecule is CC(C)[C@H](c1nnnn1Cc1ccc(F)cc1)[NH+]1CC[NH+](C2CCCC2)CC1. The Morgan fingerprint density at radius 3 is 2.39 bits per heavy atom. The van der Waals surface area contributed by atoms with Gasteiger partial charge in [0.15, 0.2) is 6.04 Å². The summed E-state index contributed by atoms with van der Waals surface area (Å²) in [5.74, 6) is 1.20. The molecule has 28 heavy (non-hydrogen) atoms. The molecule has 1 saturated carbocycles. The average molecular weight is 389 g/mol. The third kappa shape index (κ3) is 4.25. The van der Waals surface area contributed by atoms with Crippen molar-refractivity contribution in [2.45, 2.75) is 58.2 Å². The molecule has 0 amide bonds. The van der Waals surface area contributed by atoms with Gasteiger partial charge in [-0.05, 0) is 53.8 Å². The highest BCUT2D eigenvalue weighted by molar-refractivity contribution is 5.16. The van der Waals surface area contributed by atoms with E-state index in [2.05, 4.69) is 29.4 Å². The number of hydrogen-bond acceptors (Lipinski definition) is 3. The summed E-state index contributed by atoms with van der Waals surface area (Å²) in [6.45, 7) is 9.98. The molecule has 0 radical (unpaired) electrons. The van der Waals surface area contributed by atoms with E-state index in [1.54, 1.807) is 4.90 Å². The Morgan fingerprint density at radius 2 is 1.75 bits per heavy atom. The summed E-state index contributed by atoms with van der Waals surface area (Å²) in [5, 5.41) is 12.7. The molecule has 1 aromatic carbocycles. The van der Waals surface area contributed by atoms with Crippen LogP contribution in [0.1, 0.15) is 57.0 Å². The maximum atomic E-state index is 13.2.